The predicted octanol–water partition coefficient (Wildman–Crippen LogP) is 3.05. The second-order valence-electron chi connectivity index (χ2n) is 10.3. The first-order valence-electron chi connectivity index (χ1n) is 12.5. The molecule has 3 saturated heterocycles. The second kappa shape index (κ2) is 8.71. The van der Waals surface area contributed by atoms with Gasteiger partial charge in [0.05, 0.1) is 30.5 Å². The van der Waals surface area contributed by atoms with Gasteiger partial charge < -0.3 is 25.2 Å². The summed E-state index contributed by atoms with van der Waals surface area (Å²) < 4.78 is 5.52. The first-order chi connectivity index (χ1) is 16.6. The minimum Gasteiger partial charge on any atom is -0.380 e. The Morgan fingerprint density at radius 2 is 1.88 bits per heavy atom. The highest BCUT2D eigenvalue weighted by Gasteiger charge is 2.45. The van der Waals surface area contributed by atoms with Gasteiger partial charge in [0.25, 0.3) is 5.91 Å². The highest BCUT2D eigenvalue weighted by molar-refractivity contribution is 6.02. The number of carbonyl (C=O) groups excluding carboxylic acids is 2. The zero-order chi connectivity index (χ0) is 23.1. The molecule has 3 aliphatic heterocycles. The highest BCUT2D eigenvalue weighted by atomic mass is 16.5. The van der Waals surface area contributed by atoms with E-state index >= 15 is 0 Å². The van der Waals surface area contributed by atoms with E-state index in [1.807, 2.05) is 41.3 Å². The summed E-state index contributed by atoms with van der Waals surface area (Å²) >= 11 is 0. The summed E-state index contributed by atoms with van der Waals surface area (Å²) in [6.45, 7) is 5.55. The van der Waals surface area contributed by atoms with Crippen molar-refractivity contribution in [1.82, 2.24) is 10.2 Å². The maximum Gasteiger partial charge on any atom is 0.256 e. The molecule has 2 amide bonds. The van der Waals surface area contributed by atoms with E-state index < -0.39 is 0 Å². The number of carbonyl (C=O) groups is 2. The Kier molecular flexibility index (Phi) is 5.54. The predicted molar refractivity (Wildman–Crippen MR) is 131 cm³/mol. The quantitative estimate of drug-likeness (QED) is 0.718. The first kappa shape index (κ1) is 21.6. The number of hydrogen-bond acceptors (Lipinski definition) is 5. The number of benzene rings is 2. The van der Waals surface area contributed by atoms with Gasteiger partial charge in [-0.3, -0.25) is 9.59 Å². The van der Waals surface area contributed by atoms with E-state index in [9.17, 15) is 9.59 Å². The van der Waals surface area contributed by atoms with Crippen LogP contribution in [0.25, 0.3) is 0 Å². The molecule has 4 fully saturated rings. The number of nitrogens with zero attached hydrogens (tertiary/aromatic N) is 2. The fraction of sp³-hybridized carbons (Fsp3) is 0.481. The lowest BCUT2D eigenvalue weighted by atomic mass is 9.85. The number of amides is 2. The van der Waals surface area contributed by atoms with Crippen LogP contribution in [0.5, 0.6) is 0 Å². The SMILES string of the molecule is O=C(Nc1ccc(C(=O)N2CCNCC2c2ccccc2)c(N2CCC3(COC3)C2)c1)C1CC1. The lowest BCUT2D eigenvalue weighted by Crippen LogP contribution is -2.49. The molecule has 6 rings (SSSR count). The van der Waals surface area contributed by atoms with E-state index in [2.05, 4.69) is 27.7 Å². The molecule has 1 spiro atoms. The van der Waals surface area contributed by atoms with Crippen LogP contribution in [0, 0.1) is 11.3 Å². The Morgan fingerprint density at radius 3 is 2.59 bits per heavy atom. The van der Waals surface area contributed by atoms with Crippen molar-refractivity contribution in [2.45, 2.75) is 25.3 Å². The zero-order valence-electron chi connectivity index (χ0n) is 19.5. The van der Waals surface area contributed by atoms with Gasteiger partial charge in [-0.05, 0) is 43.0 Å². The van der Waals surface area contributed by atoms with E-state index in [1.165, 1.54) is 0 Å². The van der Waals surface area contributed by atoms with Crippen molar-refractivity contribution in [3.8, 4) is 0 Å². The second-order valence-corrected chi connectivity index (χ2v) is 10.3. The molecule has 0 bridgehead atoms. The summed E-state index contributed by atoms with van der Waals surface area (Å²) in [5.41, 5.74) is 3.76. The lowest BCUT2D eigenvalue weighted by Gasteiger charge is -2.39. The molecular formula is C27H32N4O3. The van der Waals surface area contributed by atoms with Crippen molar-refractivity contribution in [3.63, 3.8) is 0 Å². The van der Waals surface area contributed by atoms with Gasteiger partial charge >= 0.3 is 0 Å². The Morgan fingerprint density at radius 1 is 1.06 bits per heavy atom. The fourth-order valence-corrected chi connectivity index (χ4v) is 5.48. The van der Waals surface area contributed by atoms with Crippen molar-refractivity contribution in [2.75, 3.05) is 56.2 Å². The Labute approximate surface area is 200 Å². The number of piperazine rings is 1. The Bertz CT molecular complexity index is 1080. The van der Waals surface area contributed by atoms with Crippen LogP contribution < -0.4 is 15.5 Å². The summed E-state index contributed by atoms with van der Waals surface area (Å²) in [4.78, 5) is 30.8. The highest BCUT2D eigenvalue weighted by Crippen LogP contribution is 2.41. The van der Waals surface area contributed by atoms with Crippen molar-refractivity contribution in [1.29, 1.82) is 0 Å². The fourth-order valence-electron chi connectivity index (χ4n) is 5.48. The van der Waals surface area contributed by atoms with E-state index in [1.54, 1.807) is 0 Å². The van der Waals surface area contributed by atoms with Gasteiger partial charge in [0, 0.05) is 49.7 Å². The molecule has 1 saturated carbocycles. The van der Waals surface area contributed by atoms with Crippen LogP contribution >= 0.6 is 0 Å². The smallest absolute Gasteiger partial charge is 0.256 e. The molecule has 2 aromatic rings. The summed E-state index contributed by atoms with van der Waals surface area (Å²) in [6, 6.07) is 16.0. The number of hydrogen-bond donors (Lipinski definition) is 2. The Balaban J connectivity index is 1.32. The number of rotatable bonds is 5. The van der Waals surface area contributed by atoms with Gasteiger partial charge in [-0.1, -0.05) is 30.3 Å². The standard InChI is InChI=1S/C27H32N4O3/c32-25(20-6-7-20)29-21-8-9-22(23(14-21)30-12-10-27(16-30)17-34-18-27)26(33)31-13-11-28-15-24(31)19-4-2-1-3-5-19/h1-5,8-9,14,20,24,28H,6-7,10-13,15-18H2,(H,29,32). The molecular weight excluding hydrogens is 428 g/mol. The van der Waals surface area contributed by atoms with Crippen LogP contribution in [0.1, 0.15) is 41.2 Å². The van der Waals surface area contributed by atoms with Crippen LogP contribution in [-0.4, -0.2) is 62.7 Å². The molecule has 1 atom stereocenters. The van der Waals surface area contributed by atoms with Gasteiger partial charge in [0.1, 0.15) is 0 Å². The average Bonchev–Trinajstić information content (AvgIpc) is 3.61. The summed E-state index contributed by atoms with van der Waals surface area (Å²) in [5, 5.41) is 6.52. The maximum absolute atomic E-state index is 14.0. The van der Waals surface area contributed by atoms with Crippen LogP contribution in [0.4, 0.5) is 11.4 Å². The van der Waals surface area contributed by atoms with Gasteiger partial charge in [-0.15, -0.1) is 0 Å². The van der Waals surface area contributed by atoms with Crippen molar-refractivity contribution in [3.05, 3.63) is 59.7 Å². The third-order valence-corrected chi connectivity index (χ3v) is 7.73. The zero-order valence-corrected chi connectivity index (χ0v) is 19.5. The normalized spacial score (nSPS) is 23.6. The van der Waals surface area contributed by atoms with Crippen LogP contribution in [0.2, 0.25) is 0 Å². The molecule has 178 valence electrons. The van der Waals surface area contributed by atoms with Gasteiger partial charge in [-0.25, -0.2) is 0 Å². The third-order valence-electron chi connectivity index (χ3n) is 7.73. The topological polar surface area (TPSA) is 73.9 Å². The van der Waals surface area contributed by atoms with Crippen LogP contribution in [-0.2, 0) is 9.53 Å². The minimum absolute atomic E-state index is 0.00509. The van der Waals surface area contributed by atoms with Crippen LogP contribution in [0.15, 0.2) is 48.5 Å². The molecule has 2 N–H and O–H groups in total. The number of anilines is 2. The van der Waals surface area contributed by atoms with E-state index in [4.69, 9.17) is 4.74 Å². The van der Waals surface area contributed by atoms with E-state index in [0.29, 0.717) is 12.1 Å². The summed E-state index contributed by atoms with van der Waals surface area (Å²) in [6.07, 6.45) is 3.00. The molecule has 0 aromatic heterocycles. The molecule has 7 heteroatoms. The van der Waals surface area contributed by atoms with Gasteiger partial charge in [-0.2, -0.15) is 0 Å². The van der Waals surface area contributed by atoms with Crippen molar-refractivity contribution < 1.29 is 14.3 Å². The van der Waals surface area contributed by atoms with Gasteiger partial charge in [0.15, 0.2) is 0 Å². The lowest BCUT2D eigenvalue weighted by molar-refractivity contribution is -0.117. The number of nitrogens with one attached hydrogen (secondary N) is 2. The monoisotopic (exact) mass is 460 g/mol. The Hall–Kier alpha value is -2.90. The van der Waals surface area contributed by atoms with Gasteiger partial charge in [0.2, 0.25) is 5.91 Å². The molecule has 1 unspecified atom stereocenters. The van der Waals surface area contributed by atoms with E-state index in [-0.39, 0.29) is 29.2 Å². The average molecular weight is 461 g/mol. The van der Waals surface area contributed by atoms with E-state index in [0.717, 1.165) is 75.6 Å². The van der Waals surface area contributed by atoms with Crippen molar-refractivity contribution in [2.24, 2.45) is 11.3 Å². The molecule has 7 nitrogen and oxygen atoms in total. The largest absolute Gasteiger partial charge is 0.380 e. The summed E-state index contributed by atoms with van der Waals surface area (Å²) in [7, 11) is 0. The molecule has 1 aliphatic carbocycles. The molecule has 0 radical (unpaired) electrons. The molecule has 34 heavy (non-hydrogen) atoms. The van der Waals surface area contributed by atoms with Crippen LogP contribution in [0.3, 0.4) is 0 Å². The van der Waals surface area contributed by atoms with Crippen molar-refractivity contribution >= 4 is 23.2 Å². The number of ether oxygens (including phenoxy) is 1. The first-order valence-corrected chi connectivity index (χ1v) is 12.5. The maximum atomic E-state index is 14.0. The minimum atomic E-state index is -0.00509. The molecule has 4 aliphatic rings. The molecule has 3 heterocycles. The third kappa shape index (κ3) is 4.07. The molecule has 2 aromatic carbocycles. The summed E-state index contributed by atoms with van der Waals surface area (Å²) in [5.74, 6) is 0.275.